The van der Waals surface area contributed by atoms with Gasteiger partial charge in [-0.25, -0.2) is 0 Å². The van der Waals surface area contributed by atoms with Gasteiger partial charge in [0.15, 0.2) is 0 Å². The van der Waals surface area contributed by atoms with Gasteiger partial charge in [0, 0.05) is 0 Å². The van der Waals surface area contributed by atoms with Crippen LogP contribution in [0.5, 0.6) is 0 Å². The highest BCUT2D eigenvalue weighted by molar-refractivity contribution is 4.90. The fraction of sp³-hybridized carbons (Fsp3) is 1.00. The summed E-state index contributed by atoms with van der Waals surface area (Å²) in [6.45, 7) is 2.62. The standard InChI is InChI=1S/C14H25N/c1-2-11(3-1)6-7-15-10-14-9-12-4-5-13(14)8-12/h11-15H,1-10H2. The molecule has 0 amide bonds. The molecule has 3 aliphatic carbocycles. The molecule has 15 heavy (non-hydrogen) atoms. The molecule has 0 aliphatic heterocycles. The molecule has 86 valence electrons. The molecule has 1 heteroatoms. The molecule has 0 aromatic rings. The highest BCUT2D eigenvalue weighted by atomic mass is 14.9. The lowest BCUT2D eigenvalue weighted by molar-refractivity contribution is 0.278. The Balaban J connectivity index is 1.29. The maximum Gasteiger partial charge on any atom is -0.00178 e. The van der Waals surface area contributed by atoms with E-state index in [0.717, 1.165) is 23.7 Å². The van der Waals surface area contributed by atoms with Gasteiger partial charge in [-0.15, -0.1) is 0 Å². The van der Waals surface area contributed by atoms with Crippen LogP contribution in [0, 0.1) is 23.7 Å². The normalized spacial score (nSPS) is 39.6. The van der Waals surface area contributed by atoms with E-state index in [2.05, 4.69) is 5.32 Å². The topological polar surface area (TPSA) is 12.0 Å². The first-order valence-corrected chi connectivity index (χ1v) is 7.12. The lowest BCUT2D eigenvalue weighted by atomic mass is 9.83. The van der Waals surface area contributed by atoms with Gasteiger partial charge in [0.1, 0.15) is 0 Å². The number of rotatable bonds is 5. The minimum absolute atomic E-state index is 1.05. The Morgan fingerprint density at radius 1 is 1.00 bits per heavy atom. The third-order valence-electron chi connectivity index (χ3n) is 5.25. The van der Waals surface area contributed by atoms with Crippen LogP contribution in [0.15, 0.2) is 0 Å². The van der Waals surface area contributed by atoms with Crippen molar-refractivity contribution in [2.45, 2.75) is 51.4 Å². The van der Waals surface area contributed by atoms with Gasteiger partial charge in [0.25, 0.3) is 0 Å². The van der Waals surface area contributed by atoms with E-state index in [4.69, 9.17) is 0 Å². The lowest BCUT2D eigenvalue weighted by Gasteiger charge is -2.26. The van der Waals surface area contributed by atoms with Gasteiger partial charge >= 0.3 is 0 Å². The van der Waals surface area contributed by atoms with Crippen molar-refractivity contribution in [3.05, 3.63) is 0 Å². The van der Waals surface area contributed by atoms with E-state index in [0.29, 0.717) is 0 Å². The van der Waals surface area contributed by atoms with E-state index in [1.807, 2.05) is 0 Å². The predicted octanol–water partition coefficient (Wildman–Crippen LogP) is 3.20. The average Bonchev–Trinajstić information content (AvgIpc) is 2.75. The van der Waals surface area contributed by atoms with E-state index < -0.39 is 0 Å². The van der Waals surface area contributed by atoms with Crippen LogP contribution < -0.4 is 5.32 Å². The molecule has 3 aliphatic rings. The third-order valence-corrected chi connectivity index (χ3v) is 5.25. The highest BCUT2D eigenvalue weighted by Gasteiger charge is 2.38. The molecule has 0 spiro atoms. The van der Waals surface area contributed by atoms with E-state index in [1.54, 1.807) is 25.7 Å². The number of hydrogen-bond donors (Lipinski definition) is 1. The summed E-state index contributed by atoms with van der Waals surface area (Å²) in [6.07, 6.45) is 12.2. The zero-order valence-corrected chi connectivity index (χ0v) is 9.88. The Morgan fingerprint density at radius 3 is 2.53 bits per heavy atom. The molecule has 3 atom stereocenters. The van der Waals surface area contributed by atoms with E-state index in [9.17, 15) is 0 Å². The first-order valence-electron chi connectivity index (χ1n) is 7.12. The molecule has 3 saturated carbocycles. The summed E-state index contributed by atoms with van der Waals surface area (Å²) < 4.78 is 0. The van der Waals surface area contributed by atoms with Gasteiger partial charge in [0.2, 0.25) is 0 Å². The molecule has 1 N–H and O–H groups in total. The van der Waals surface area contributed by atoms with Gasteiger partial charge in [-0.05, 0) is 62.4 Å². The van der Waals surface area contributed by atoms with Crippen molar-refractivity contribution < 1.29 is 0 Å². The lowest BCUT2D eigenvalue weighted by Crippen LogP contribution is -2.29. The second kappa shape index (κ2) is 4.45. The first kappa shape index (κ1) is 10.1. The van der Waals surface area contributed by atoms with Crippen LogP contribution in [0.4, 0.5) is 0 Å². The molecule has 3 unspecified atom stereocenters. The second-order valence-corrected chi connectivity index (χ2v) is 6.22. The van der Waals surface area contributed by atoms with Crippen LogP contribution in [0.2, 0.25) is 0 Å². The quantitative estimate of drug-likeness (QED) is 0.683. The molecule has 2 bridgehead atoms. The van der Waals surface area contributed by atoms with Crippen molar-refractivity contribution in [2.75, 3.05) is 13.1 Å². The maximum atomic E-state index is 3.71. The number of fused-ring (bicyclic) bond motifs is 2. The Kier molecular flexibility index (Phi) is 3.01. The molecular weight excluding hydrogens is 182 g/mol. The molecule has 0 aromatic carbocycles. The molecule has 0 aromatic heterocycles. The zero-order chi connectivity index (χ0) is 10.1. The van der Waals surface area contributed by atoms with Gasteiger partial charge in [0.05, 0.1) is 0 Å². The largest absolute Gasteiger partial charge is 0.316 e. The fourth-order valence-corrected chi connectivity index (χ4v) is 4.00. The van der Waals surface area contributed by atoms with Crippen LogP contribution in [0.25, 0.3) is 0 Å². The van der Waals surface area contributed by atoms with E-state index in [-0.39, 0.29) is 0 Å². The summed E-state index contributed by atoms with van der Waals surface area (Å²) in [7, 11) is 0. The third kappa shape index (κ3) is 2.22. The van der Waals surface area contributed by atoms with Crippen molar-refractivity contribution in [1.29, 1.82) is 0 Å². The van der Waals surface area contributed by atoms with Crippen molar-refractivity contribution in [1.82, 2.24) is 5.32 Å². The van der Waals surface area contributed by atoms with Crippen LogP contribution in [-0.4, -0.2) is 13.1 Å². The molecule has 0 radical (unpaired) electrons. The van der Waals surface area contributed by atoms with Crippen LogP contribution >= 0.6 is 0 Å². The number of hydrogen-bond acceptors (Lipinski definition) is 1. The molecule has 1 nitrogen and oxygen atoms in total. The number of nitrogens with one attached hydrogen (secondary N) is 1. The van der Waals surface area contributed by atoms with Crippen molar-refractivity contribution in [2.24, 2.45) is 23.7 Å². The molecule has 0 saturated heterocycles. The van der Waals surface area contributed by atoms with E-state index in [1.165, 1.54) is 38.8 Å². The van der Waals surface area contributed by atoms with Crippen molar-refractivity contribution >= 4 is 0 Å². The summed E-state index contributed by atoms with van der Waals surface area (Å²) in [5, 5.41) is 3.71. The highest BCUT2D eigenvalue weighted by Crippen LogP contribution is 2.47. The molecular formula is C14H25N. The van der Waals surface area contributed by atoms with Crippen molar-refractivity contribution in [3.8, 4) is 0 Å². The zero-order valence-electron chi connectivity index (χ0n) is 9.88. The van der Waals surface area contributed by atoms with Gasteiger partial charge in [-0.2, -0.15) is 0 Å². The smallest absolute Gasteiger partial charge is 0.00178 e. The molecule has 3 fully saturated rings. The Labute approximate surface area is 94.0 Å². The maximum absolute atomic E-state index is 3.71. The summed E-state index contributed by atoms with van der Waals surface area (Å²) in [5.41, 5.74) is 0. The Morgan fingerprint density at radius 2 is 1.93 bits per heavy atom. The Hall–Kier alpha value is -0.0400. The first-order chi connectivity index (χ1) is 7.42. The SMILES string of the molecule is C1CC(CCNCC2CC3CCC2C3)C1. The van der Waals surface area contributed by atoms with Crippen LogP contribution in [0.3, 0.4) is 0 Å². The van der Waals surface area contributed by atoms with Gasteiger partial charge in [-0.3, -0.25) is 0 Å². The summed E-state index contributed by atoms with van der Waals surface area (Å²) in [6, 6.07) is 0. The summed E-state index contributed by atoms with van der Waals surface area (Å²) >= 11 is 0. The monoisotopic (exact) mass is 207 g/mol. The van der Waals surface area contributed by atoms with Crippen LogP contribution in [-0.2, 0) is 0 Å². The fourth-order valence-electron chi connectivity index (χ4n) is 4.00. The minimum atomic E-state index is 1.05. The van der Waals surface area contributed by atoms with E-state index >= 15 is 0 Å². The van der Waals surface area contributed by atoms with Crippen LogP contribution in [0.1, 0.15) is 51.4 Å². The predicted molar refractivity (Wildman–Crippen MR) is 63.8 cm³/mol. The summed E-state index contributed by atoms with van der Waals surface area (Å²) in [5.74, 6) is 4.35. The second-order valence-electron chi connectivity index (χ2n) is 6.22. The average molecular weight is 207 g/mol. The van der Waals surface area contributed by atoms with Gasteiger partial charge in [-0.1, -0.05) is 25.7 Å². The minimum Gasteiger partial charge on any atom is -0.316 e. The molecule has 0 heterocycles. The Bertz CT molecular complexity index is 209. The molecule has 3 rings (SSSR count). The van der Waals surface area contributed by atoms with Gasteiger partial charge < -0.3 is 5.32 Å². The van der Waals surface area contributed by atoms with Crippen molar-refractivity contribution in [3.63, 3.8) is 0 Å². The summed E-state index contributed by atoms with van der Waals surface area (Å²) in [4.78, 5) is 0.